The number of hydrogen-bond donors (Lipinski definition) is 1. The van der Waals surface area contributed by atoms with E-state index in [0.717, 1.165) is 16.8 Å². The van der Waals surface area contributed by atoms with Gasteiger partial charge in [-0.25, -0.2) is 4.98 Å². The van der Waals surface area contributed by atoms with Gasteiger partial charge in [0.1, 0.15) is 5.75 Å². The lowest BCUT2D eigenvalue weighted by Gasteiger charge is -2.15. The monoisotopic (exact) mass is 335 g/mol. The van der Waals surface area contributed by atoms with E-state index in [-0.39, 0.29) is 5.91 Å². The fraction of sp³-hybridized carbons (Fsp3) is 0.200. The van der Waals surface area contributed by atoms with Gasteiger partial charge in [-0.2, -0.15) is 0 Å². The van der Waals surface area contributed by atoms with Gasteiger partial charge in [-0.15, -0.1) is 0 Å². The average Bonchev–Trinajstić information content (AvgIpc) is 3.16. The molecule has 0 saturated carbocycles. The van der Waals surface area contributed by atoms with E-state index >= 15 is 0 Å². The lowest BCUT2D eigenvalue weighted by Crippen LogP contribution is -2.35. The van der Waals surface area contributed by atoms with Crippen LogP contribution in [0.1, 0.15) is 18.1 Å². The Morgan fingerprint density at radius 1 is 1.16 bits per heavy atom. The molecule has 0 aliphatic carbocycles. The Bertz CT molecular complexity index is 809. The number of rotatable bonds is 6. The van der Waals surface area contributed by atoms with E-state index in [4.69, 9.17) is 4.74 Å². The molecular weight excluding hydrogens is 314 g/mol. The number of aryl methyl sites for hydroxylation is 1. The third kappa shape index (κ3) is 4.47. The van der Waals surface area contributed by atoms with Crippen LogP contribution in [0.15, 0.2) is 67.3 Å². The average molecular weight is 335 g/mol. The van der Waals surface area contributed by atoms with Crippen molar-refractivity contribution in [2.45, 2.75) is 26.5 Å². The molecule has 1 amide bonds. The lowest BCUT2D eigenvalue weighted by atomic mass is 10.2. The zero-order valence-electron chi connectivity index (χ0n) is 14.3. The summed E-state index contributed by atoms with van der Waals surface area (Å²) in [5, 5.41) is 2.90. The zero-order chi connectivity index (χ0) is 17.6. The van der Waals surface area contributed by atoms with E-state index in [1.54, 1.807) is 19.4 Å². The molecule has 0 aliphatic heterocycles. The Hall–Kier alpha value is -3.08. The van der Waals surface area contributed by atoms with Gasteiger partial charge in [0.15, 0.2) is 6.10 Å². The Balaban J connectivity index is 1.52. The van der Waals surface area contributed by atoms with Crippen LogP contribution in [0.25, 0.3) is 5.69 Å². The number of aromatic nitrogens is 2. The molecule has 0 unspecified atom stereocenters. The SMILES string of the molecule is Cc1ccc(O[C@H](C)C(=O)NCc2ccc(-n3ccnc3)cc2)cc1. The van der Waals surface area contributed by atoms with Crippen molar-refractivity contribution in [1.29, 1.82) is 0 Å². The maximum Gasteiger partial charge on any atom is 0.261 e. The molecule has 0 spiro atoms. The van der Waals surface area contributed by atoms with E-state index in [0.29, 0.717) is 12.3 Å². The number of imidazole rings is 1. The standard InChI is InChI=1S/C20H21N3O2/c1-15-3-9-19(10-4-15)25-16(2)20(24)22-13-17-5-7-18(8-6-17)23-12-11-21-14-23/h3-12,14,16H,13H2,1-2H3,(H,22,24)/t16-/m1/s1. The van der Waals surface area contributed by atoms with Crippen LogP contribution in [0.5, 0.6) is 5.75 Å². The molecule has 5 nitrogen and oxygen atoms in total. The summed E-state index contributed by atoms with van der Waals surface area (Å²) < 4.78 is 7.60. The van der Waals surface area contributed by atoms with Crippen LogP contribution in [0.2, 0.25) is 0 Å². The number of nitrogens with one attached hydrogen (secondary N) is 1. The lowest BCUT2D eigenvalue weighted by molar-refractivity contribution is -0.127. The van der Waals surface area contributed by atoms with Gasteiger partial charge in [0.05, 0.1) is 6.33 Å². The maximum atomic E-state index is 12.2. The molecule has 128 valence electrons. The van der Waals surface area contributed by atoms with Crippen LogP contribution in [0, 0.1) is 6.92 Å². The number of carbonyl (C=O) groups excluding carboxylic acids is 1. The highest BCUT2D eigenvalue weighted by atomic mass is 16.5. The predicted octanol–water partition coefficient (Wildman–Crippen LogP) is 3.26. The van der Waals surface area contributed by atoms with Gasteiger partial charge in [-0.1, -0.05) is 29.8 Å². The first-order valence-corrected chi connectivity index (χ1v) is 8.20. The second-order valence-electron chi connectivity index (χ2n) is 5.93. The first kappa shape index (κ1) is 16.8. The van der Waals surface area contributed by atoms with Gasteiger partial charge in [0.25, 0.3) is 5.91 Å². The van der Waals surface area contributed by atoms with Crippen LogP contribution in [0.3, 0.4) is 0 Å². The summed E-state index contributed by atoms with van der Waals surface area (Å²) in [7, 11) is 0. The Kier molecular flexibility index (Phi) is 5.14. The van der Waals surface area contributed by atoms with Crippen LogP contribution < -0.4 is 10.1 Å². The zero-order valence-corrected chi connectivity index (χ0v) is 14.3. The van der Waals surface area contributed by atoms with Crippen molar-refractivity contribution >= 4 is 5.91 Å². The summed E-state index contributed by atoms with van der Waals surface area (Å²) in [5.74, 6) is 0.553. The smallest absolute Gasteiger partial charge is 0.261 e. The summed E-state index contributed by atoms with van der Waals surface area (Å²) >= 11 is 0. The van der Waals surface area contributed by atoms with Crippen molar-refractivity contribution in [3.8, 4) is 11.4 Å². The minimum absolute atomic E-state index is 0.140. The number of ether oxygens (including phenoxy) is 1. The summed E-state index contributed by atoms with van der Waals surface area (Å²) in [5.41, 5.74) is 3.21. The number of nitrogens with zero attached hydrogens (tertiary/aromatic N) is 2. The molecule has 0 bridgehead atoms. The fourth-order valence-electron chi connectivity index (χ4n) is 2.41. The van der Waals surface area contributed by atoms with Gasteiger partial charge in [0, 0.05) is 24.6 Å². The molecule has 5 heteroatoms. The second kappa shape index (κ2) is 7.66. The summed E-state index contributed by atoms with van der Waals surface area (Å²) in [4.78, 5) is 16.2. The molecule has 0 radical (unpaired) electrons. The Morgan fingerprint density at radius 2 is 1.88 bits per heavy atom. The van der Waals surface area contributed by atoms with Crippen molar-refractivity contribution < 1.29 is 9.53 Å². The molecule has 0 saturated heterocycles. The minimum atomic E-state index is -0.548. The maximum absolute atomic E-state index is 12.2. The van der Waals surface area contributed by atoms with Crippen molar-refractivity contribution in [1.82, 2.24) is 14.9 Å². The topological polar surface area (TPSA) is 56.1 Å². The highest BCUT2D eigenvalue weighted by molar-refractivity contribution is 5.80. The molecule has 2 aromatic carbocycles. The first-order valence-electron chi connectivity index (χ1n) is 8.20. The third-order valence-corrected chi connectivity index (χ3v) is 3.91. The van der Waals surface area contributed by atoms with Crippen LogP contribution in [-0.2, 0) is 11.3 Å². The second-order valence-corrected chi connectivity index (χ2v) is 5.93. The molecule has 3 aromatic rings. The molecule has 0 aliphatic rings. The molecule has 1 atom stereocenters. The van der Waals surface area contributed by atoms with Gasteiger partial charge < -0.3 is 14.6 Å². The van der Waals surface area contributed by atoms with Crippen molar-refractivity contribution in [3.05, 3.63) is 78.4 Å². The summed E-state index contributed by atoms with van der Waals surface area (Å²) in [6, 6.07) is 15.6. The molecule has 25 heavy (non-hydrogen) atoms. The number of hydrogen-bond acceptors (Lipinski definition) is 3. The summed E-state index contributed by atoms with van der Waals surface area (Å²) in [6.45, 7) is 4.22. The third-order valence-electron chi connectivity index (χ3n) is 3.91. The largest absolute Gasteiger partial charge is 0.481 e. The van der Waals surface area contributed by atoms with Gasteiger partial charge >= 0.3 is 0 Å². The van der Waals surface area contributed by atoms with Crippen LogP contribution in [-0.4, -0.2) is 21.6 Å². The molecular formula is C20H21N3O2. The van der Waals surface area contributed by atoms with Gasteiger partial charge in [0.2, 0.25) is 0 Å². The van der Waals surface area contributed by atoms with E-state index in [1.807, 2.05) is 66.2 Å². The highest BCUT2D eigenvalue weighted by Gasteiger charge is 2.14. The molecule has 1 heterocycles. The predicted molar refractivity (Wildman–Crippen MR) is 96.7 cm³/mol. The molecule has 1 aromatic heterocycles. The van der Waals surface area contributed by atoms with Crippen LogP contribution >= 0.6 is 0 Å². The molecule has 3 rings (SSSR count). The minimum Gasteiger partial charge on any atom is -0.481 e. The van der Waals surface area contributed by atoms with Gasteiger partial charge in [-0.05, 0) is 43.7 Å². The van der Waals surface area contributed by atoms with E-state index in [1.165, 1.54) is 0 Å². The molecule has 1 N–H and O–H groups in total. The van der Waals surface area contributed by atoms with E-state index in [9.17, 15) is 4.79 Å². The first-order chi connectivity index (χ1) is 12.1. The van der Waals surface area contributed by atoms with Crippen molar-refractivity contribution in [2.75, 3.05) is 0 Å². The van der Waals surface area contributed by atoms with Crippen LogP contribution in [0.4, 0.5) is 0 Å². The van der Waals surface area contributed by atoms with E-state index < -0.39 is 6.10 Å². The Labute approximate surface area is 147 Å². The fourth-order valence-corrected chi connectivity index (χ4v) is 2.41. The number of carbonyl (C=O) groups is 1. The van der Waals surface area contributed by atoms with E-state index in [2.05, 4.69) is 10.3 Å². The number of amides is 1. The normalized spacial score (nSPS) is 11.8. The molecule has 0 fully saturated rings. The van der Waals surface area contributed by atoms with Crippen molar-refractivity contribution in [3.63, 3.8) is 0 Å². The highest BCUT2D eigenvalue weighted by Crippen LogP contribution is 2.13. The Morgan fingerprint density at radius 3 is 2.52 bits per heavy atom. The quantitative estimate of drug-likeness (QED) is 0.752. The summed E-state index contributed by atoms with van der Waals surface area (Å²) in [6.07, 6.45) is 4.83. The van der Waals surface area contributed by atoms with Gasteiger partial charge in [-0.3, -0.25) is 4.79 Å². The number of benzene rings is 2. The van der Waals surface area contributed by atoms with Crippen molar-refractivity contribution in [2.24, 2.45) is 0 Å².